The van der Waals surface area contributed by atoms with E-state index < -0.39 is 236 Å². The van der Waals surface area contributed by atoms with Crippen molar-refractivity contribution in [1.29, 1.82) is 0 Å². The van der Waals surface area contributed by atoms with E-state index in [0.29, 0.717) is 32.1 Å². The van der Waals surface area contributed by atoms with E-state index in [-0.39, 0.29) is 31.6 Å². The van der Waals surface area contributed by atoms with E-state index in [0.717, 1.165) is 19.4 Å². The Labute approximate surface area is 510 Å². The Kier molecular flexibility index (Phi) is 20.4. The van der Waals surface area contributed by atoms with Crippen molar-refractivity contribution in [3.63, 3.8) is 0 Å². The highest BCUT2D eigenvalue weighted by atomic mass is 16.8. The van der Waals surface area contributed by atoms with Gasteiger partial charge in [-0.2, -0.15) is 0 Å². The number of fused-ring (bicyclic) bond motifs is 7. The SMILES string of the molecule is CC(=O)OC[C@H]1O[C@@H](OC(=O)[C@]23CCC(C)(C)C[C@H]2C2=CC[C@@H]4[C@@]5(C)C[C@H](O)[C@H](O[C@@H]6O[C@H](CO)[C@@H](O)[C@H](O)[C@H]6O)[C@@](C)(CO)[C@@H]5CC[C@@]4(C)[C@]2(C)C[C@H]3O[C@@H]2O[C@H](CO)[C@@H](O)[C@H](O)[C@H]2O[C@H]2O[C@H](COC(=O)C[C@H](C)O)[C@@H](O)[C@@H]2O)[C@@H](O)[C@@H]1OC(C)=O. The summed E-state index contributed by atoms with van der Waals surface area (Å²) >= 11 is 0. The summed E-state index contributed by atoms with van der Waals surface area (Å²) in [5.41, 5.74) is -5.17. The number of hydrogen-bond acceptors (Lipinski definition) is 28. The van der Waals surface area contributed by atoms with Crippen LogP contribution in [0.1, 0.15) is 120 Å². The molecule has 0 aromatic heterocycles. The number of carbonyl (C=O) groups excluding carboxylic acids is 4. The monoisotopic (exact) mass is 1260 g/mol. The molecule has 28 heteroatoms. The van der Waals surface area contributed by atoms with Gasteiger partial charge in [0.1, 0.15) is 91.9 Å². The Morgan fingerprint density at radius 3 is 1.82 bits per heavy atom. The lowest BCUT2D eigenvalue weighted by Gasteiger charge is -2.72. The summed E-state index contributed by atoms with van der Waals surface area (Å²) in [6.45, 7) is 12.6. The molecule has 4 saturated heterocycles. The summed E-state index contributed by atoms with van der Waals surface area (Å²) in [4.78, 5) is 52.9. The topological polar surface area (TPSA) is 433 Å². The molecule has 4 saturated carbocycles. The fourth-order valence-corrected chi connectivity index (χ4v) is 17.3. The second-order valence-corrected chi connectivity index (χ2v) is 28.2. The first-order valence-corrected chi connectivity index (χ1v) is 30.8. The Morgan fingerprint density at radius 2 is 1.19 bits per heavy atom. The lowest BCUT2D eigenvalue weighted by molar-refractivity contribution is -0.358. The quantitative estimate of drug-likeness (QED) is 0.0295. The van der Waals surface area contributed by atoms with Crippen LogP contribution in [0.2, 0.25) is 0 Å². The second-order valence-electron chi connectivity index (χ2n) is 28.2. The minimum atomic E-state index is -1.99. The molecular formula is C60H94O28. The lowest BCUT2D eigenvalue weighted by atomic mass is 9.33. The van der Waals surface area contributed by atoms with E-state index in [1.54, 1.807) is 6.92 Å². The van der Waals surface area contributed by atoms with Gasteiger partial charge in [-0.3, -0.25) is 19.2 Å². The first-order chi connectivity index (χ1) is 41.2. The van der Waals surface area contributed by atoms with E-state index in [1.807, 2.05) is 0 Å². The standard InChI is InChI=1S/C60H94O28/c1-25(64)16-38(68)79-22-33-41(71)44(74)50(83-33)86-48-43(73)40(70)32(21-62)82-53(48)85-37-19-59(9)28(29-17-55(4,5)14-15-60(29,37)54(77)88-52-46(76)47(80-27(3)66)34(84-52)23-78-26(2)65)10-11-36-56(6)18-30(67)49(57(7,24-63)35(56)12-13-58(36,59)8)87-51-45(75)42(72)39(69)31(20-61)81-51/h10,25,29-37,39-53,61-64,67,69-76H,11-24H2,1-9H3/t25-,29-,30-,31+,32+,33+,34+,35+,36+,37+,39+,40+,41+,42-,43-,44-,45+,46-,47+,48+,49-,50+,51-,52-,53-,56-,57-,58+,59+,60+/m0/s1. The fraction of sp³-hybridized carbons (Fsp3) is 0.900. The van der Waals surface area contributed by atoms with Crippen LogP contribution < -0.4 is 0 Å². The molecule has 5 aliphatic carbocycles. The normalized spacial score (nSPS) is 49.2. The van der Waals surface area contributed by atoms with Gasteiger partial charge in [-0.05, 0) is 97.7 Å². The number of allylic oxidation sites excluding steroid dienone is 2. The number of carbonyl (C=O) groups is 4. The Hall–Kier alpha value is -3.18. The number of aliphatic hydroxyl groups is 13. The molecule has 28 nitrogen and oxygen atoms in total. The predicted molar refractivity (Wildman–Crippen MR) is 294 cm³/mol. The maximum absolute atomic E-state index is 16.1. The summed E-state index contributed by atoms with van der Waals surface area (Å²) in [7, 11) is 0. The Balaban J connectivity index is 1.12. The highest BCUT2D eigenvalue weighted by Gasteiger charge is 2.74. The van der Waals surface area contributed by atoms with Crippen molar-refractivity contribution in [2.24, 2.45) is 50.2 Å². The third-order valence-corrected chi connectivity index (χ3v) is 22.1. The van der Waals surface area contributed by atoms with Crippen LogP contribution in [0.4, 0.5) is 0 Å². The molecule has 30 atom stereocenters. The van der Waals surface area contributed by atoms with E-state index in [1.165, 1.54) is 6.92 Å². The second kappa shape index (κ2) is 26.0. The number of hydrogen-bond donors (Lipinski definition) is 13. The van der Waals surface area contributed by atoms with Crippen molar-refractivity contribution in [2.45, 2.75) is 255 Å². The minimum Gasteiger partial charge on any atom is -0.463 e. The van der Waals surface area contributed by atoms with Crippen molar-refractivity contribution in [3.8, 4) is 0 Å². The highest BCUT2D eigenvalue weighted by Crippen LogP contribution is 2.76. The zero-order chi connectivity index (χ0) is 64.7. The van der Waals surface area contributed by atoms with Crippen molar-refractivity contribution in [1.82, 2.24) is 0 Å². The molecular weight excluding hydrogens is 1170 g/mol. The maximum Gasteiger partial charge on any atom is 0.317 e. The Morgan fingerprint density at radius 1 is 0.602 bits per heavy atom. The van der Waals surface area contributed by atoms with E-state index in [4.69, 9.17) is 52.1 Å². The molecule has 9 aliphatic rings. The average Bonchev–Trinajstić information content (AvgIpc) is 1.09. The molecule has 8 fully saturated rings. The summed E-state index contributed by atoms with van der Waals surface area (Å²) in [5.74, 6) is -4.77. The molecule has 0 spiro atoms. The fourth-order valence-electron chi connectivity index (χ4n) is 17.3. The van der Waals surface area contributed by atoms with Crippen LogP contribution in [0.25, 0.3) is 0 Å². The molecule has 502 valence electrons. The lowest BCUT2D eigenvalue weighted by Crippen LogP contribution is -2.71. The first-order valence-electron chi connectivity index (χ1n) is 30.8. The first kappa shape index (κ1) is 69.2. The summed E-state index contributed by atoms with van der Waals surface area (Å²) in [5, 5.41) is 145. The van der Waals surface area contributed by atoms with Gasteiger partial charge >= 0.3 is 23.9 Å². The summed E-state index contributed by atoms with van der Waals surface area (Å²) in [6.07, 6.45) is -31.5. The van der Waals surface area contributed by atoms with E-state index in [9.17, 15) is 80.8 Å². The van der Waals surface area contributed by atoms with Crippen molar-refractivity contribution in [2.75, 3.05) is 33.0 Å². The molecule has 4 heterocycles. The smallest absolute Gasteiger partial charge is 0.317 e. The van der Waals surface area contributed by atoms with Crippen LogP contribution in [0.5, 0.6) is 0 Å². The minimum absolute atomic E-state index is 0.0311. The van der Waals surface area contributed by atoms with Gasteiger partial charge in [0, 0.05) is 19.3 Å². The van der Waals surface area contributed by atoms with Crippen LogP contribution >= 0.6 is 0 Å². The van der Waals surface area contributed by atoms with Crippen LogP contribution in [0.3, 0.4) is 0 Å². The van der Waals surface area contributed by atoms with Crippen LogP contribution in [0.15, 0.2) is 11.6 Å². The van der Waals surface area contributed by atoms with Crippen molar-refractivity contribution < 1.29 is 138 Å². The maximum atomic E-state index is 16.1. The third-order valence-electron chi connectivity index (χ3n) is 22.1. The van der Waals surface area contributed by atoms with Crippen molar-refractivity contribution >= 4 is 23.9 Å². The van der Waals surface area contributed by atoms with Crippen LogP contribution in [-0.2, 0) is 71.3 Å². The zero-order valence-corrected chi connectivity index (χ0v) is 51.3. The molecule has 0 unspecified atom stereocenters. The molecule has 0 amide bonds. The van der Waals surface area contributed by atoms with Gasteiger partial charge in [0.25, 0.3) is 0 Å². The predicted octanol–water partition coefficient (Wildman–Crippen LogP) is -2.38. The largest absolute Gasteiger partial charge is 0.463 e. The molecule has 0 aromatic carbocycles. The molecule has 13 N–H and O–H groups in total. The average molecular weight is 1260 g/mol. The van der Waals surface area contributed by atoms with E-state index in [2.05, 4.69) is 40.7 Å². The third kappa shape index (κ3) is 12.1. The molecule has 9 rings (SSSR count). The highest BCUT2D eigenvalue weighted by molar-refractivity contribution is 5.80. The number of aliphatic hydroxyl groups excluding tert-OH is 13. The van der Waals surface area contributed by atoms with Gasteiger partial charge in [-0.1, -0.05) is 53.2 Å². The zero-order valence-electron chi connectivity index (χ0n) is 51.3. The van der Waals surface area contributed by atoms with Crippen LogP contribution in [0, 0.1) is 50.2 Å². The van der Waals surface area contributed by atoms with Gasteiger partial charge < -0.3 is 118 Å². The summed E-state index contributed by atoms with van der Waals surface area (Å²) < 4.78 is 66.1. The number of ether oxygens (including phenoxy) is 11. The van der Waals surface area contributed by atoms with Gasteiger partial charge in [0.15, 0.2) is 31.1 Å². The summed E-state index contributed by atoms with van der Waals surface area (Å²) in [6, 6.07) is 0. The molecule has 0 aromatic rings. The van der Waals surface area contributed by atoms with Gasteiger partial charge in [-0.25, -0.2) is 0 Å². The number of esters is 4. The van der Waals surface area contributed by atoms with Gasteiger partial charge in [-0.15, -0.1) is 0 Å². The van der Waals surface area contributed by atoms with Gasteiger partial charge in [0.05, 0.1) is 50.7 Å². The van der Waals surface area contributed by atoms with E-state index >= 15 is 4.79 Å². The van der Waals surface area contributed by atoms with Crippen molar-refractivity contribution in [3.05, 3.63) is 11.6 Å². The molecule has 4 aliphatic heterocycles. The molecule has 88 heavy (non-hydrogen) atoms. The molecule has 0 bridgehead atoms. The van der Waals surface area contributed by atoms with Crippen LogP contribution in [-0.4, -0.2) is 258 Å². The van der Waals surface area contributed by atoms with Gasteiger partial charge in [0.2, 0.25) is 6.29 Å². The number of rotatable bonds is 18. The Bertz CT molecular complexity index is 2530. The molecule has 0 radical (unpaired) electrons.